The SMILES string of the molecule is CC1(C)CCCC(NC2CC2)(c2nccs2)CC1. The van der Waals surface area contributed by atoms with Crippen LogP contribution < -0.4 is 5.32 Å². The molecule has 100 valence electrons. The summed E-state index contributed by atoms with van der Waals surface area (Å²) in [4.78, 5) is 4.64. The Labute approximate surface area is 114 Å². The van der Waals surface area contributed by atoms with Crippen molar-refractivity contribution in [3.63, 3.8) is 0 Å². The van der Waals surface area contributed by atoms with Crippen molar-refractivity contribution in [2.24, 2.45) is 5.41 Å². The first-order valence-electron chi connectivity index (χ1n) is 7.27. The van der Waals surface area contributed by atoms with Crippen molar-refractivity contribution < 1.29 is 0 Å². The van der Waals surface area contributed by atoms with Gasteiger partial charge in [0, 0.05) is 17.6 Å². The smallest absolute Gasteiger partial charge is 0.113 e. The van der Waals surface area contributed by atoms with Crippen molar-refractivity contribution in [1.29, 1.82) is 0 Å². The maximum atomic E-state index is 4.64. The molecule has 0 radical (unpaired) electrons. The Bertz CT molecular complexity index is 395. The van der Waals surface area contributed by atoms with Gasteiger partial charge in [0.1, 0.15) is 5.01 Å². The van der Waals surface area contributed by atoms with Crippen LogP contribution in [0.1, 0.15) is 63.8 Å². The van der Waals surface area contributed by atoms with Crippen LogP contribution in [0.15, 0.2) is 11.6 Å². The van der Waals surface area contributed by atoms with Crippen LogP contribution in [0.2, 0.25) is 0 Å². The van der Waals surface area contributed by atoms with Gasteiger partial charge in [0.15, 0.2) is 0 Å². The van der Waals surface area contributed by atoms with Gasteiger partial charge in [-0.1, -0.05) is 20.3 Å². The van der Waals surface area contributed by atoms with Gasteiger partial charge in [-0.25, -0.2) is 4.98 Å². The topological polar surface area (TPSA) is 24.9 Å². The summed E-state index contributed by atoms with van der Waals surface area (Å²) in [7, 11) is 0. The lowest BCUT2D eigenvalue weighted by Crippen LogP contribution is -2.43. The fourth-order valence-corrected chi connectivity index (χ4v) is 4.03. The predicted octanol–water partition coefficient (Wildman–Crippen LogP) is 4.08. The van der Waals surface area contributed by atoms with Gasteiger partial charge >= 0.3 is 0 Å². The lowest BCUT2D eigenvalue weighted by molar-refractivity contribution is 0.261. The highest BCUT2D eigenvalue weighted by Gasteiger charge is 2.42. The molecule has 2 saturated carbocycles. The predicted molar refractivity (Wildman–Crippen MR) is 76.8 cm³/mol. The van der Waals surface area contributed by atoms with E-state index >= 15 is 0 Å². The average molecular weight is 264 g/mol. The summed E-state index contributed by atoms with van der Waals surface area (Å²) in [6, 6.07) is 0.759. The molecule has 1 unspecified atom stereocenters. The average Bonchev–Trinajstić information content (AvgIpc) is 2.99. The highest BCUT2D eigenvalue weighted by atomic mass is 32.1. The van der Waals surface area contributed by atoms with Gasteiger partial charge in [0.2, 0.25) is 0 Å². The molecule has 1 atom stereocenters. The minimum absolute atomic E-state index is 0.184. The van der Waals surface area contributed by atoms with Crippen LogP contribution >= 0.6 is 11.3 Å². The van der Waals surface area contributed by atoms with E-state index < -0.39 is 0 Å². The van der Waals surface area contributed by atoms with E-state index in [9.17, 15) is 0 Å². The summed E-state index contributed by atoms with van der Waals surface area (Å²) < 4.78 is 0. The Morgan fingerprint density at radius 2 is 2.06 bits per heavy atom. The molecular weight excluding hydrogens is 240 g/mol. The van der Waals surface area contributed by atoms with Crippen LogP contribution in [0.3, 0.4) is 0 Å². The molecule has 3 rings (SSSR count). The quantitative estimate of drug-likeness (QED) is 0.832. The Kier molecular flexibility index (Phi) is 3.23. The largest absolute Gasteiger partial charge is 0.303 e. The van der Waals surface area contributed by atoms with Crippen molar-refractivity contribution in [2.45, 2.75) is 70.4 Å². The second-order valence-electron chi connectivity index (χ2n) is 6.86. The highest BCUT2D eigenvalue weighted by molar-refractivity contribution is 7.09. The van der Waals surface area contributed by atoms with Crippen LogP contribution in [0, 0.1) is 5.41 Å². The van der Waals surface area contributed by atoms with E-state index in [4.69, 9.17) is 0 Å². The van der Waals surface area contributed by atoms with Gasteiger partial charge in [0.25, 0.3) is 0 Å². The number of aromatic nitrogens is 1. The van der Waals surface area contributed by atoms with Crippen molar-refractivity contribution in [3.8, 4) is 0 Å². The van der Waals surface area contributed by atoms with Gasteiger partial charge in [-0.05, 0) is 43.9 Å². The maximum Gasteiger partial charge on any atom is 0.113 e. The molecule has 0 spiro atoms. The Morgan fingerprint density at radius 1 is 1.22 bits per heavy atom. The Hall–Kier alpha value is -0.410. The molecule has 1 aromatic rings. The molecule has 2 aliphatic rings. The minimum atomic E-state index is 0.184. The molecule has 3 heteroatoms. The van der Waals surface area contributed by atoms with E-state index in [0.29, 0.717) is 5.41 Å². The minimum Gasteiger partial charge on any atom is -0.303 e. The first kappa shape index (κ1) is 12.6. The zero-order valence-electron chi connectivity index (χ0n) is 11.5. The van der Waals surface area contributed by atoms with Gasteiger partial charge in [-0.15, -0.1) is 11.3 Å². The van der Waals surface area contributed by atoms with Crippen LogP contribution in [0.5, 0.6) is 0 Å². The fraction of sp³-hybridized carbons (Fsp3) is 0.800. The van der Waals surface area contributed by atoms with E-state index in [1.165, 1.54) is 50.0 Å². The second kappa shape index (κ2) is 4.61. The first-order valence-corrected chi connectivity index (χ1v) is 8.15. The molecular formula is C15H24N2S. The molecule has 1 N–H and O–H groups in total. The normalized spacial score (nSPS) is 32.1. The zero-order valence-corrected chi connectivity index (χ0v) is 12.4. The maximum absolute atomic E-state index is 4.64. The third kappa shape index (κ3) is 2.62. The summed E-state index contributed by atoms with van der Waals surface area (Å²) >= 11 is 1.83. The van der Waals surface area contributed by atoms with Gasteiger partial charge in [-0.2, -0.15) is 0 Å². The molecule has 2 aliphatic carbocycles. The Balaban J connectivity index is 1.85. The molecule has 1 heterocycles. The fourth-order valence-electron chi connectivity index (χ4n) is 3.17. The standard InChI is InChI=1S/C15H24N2S/c1-14(2)6-3-7-15(9-8-14,17-12-4-5-12)13-16-10-11-18-13/h10-12,17H,3-9H2,1-2H3. The molecule has 2 nitrogen and oxygen atoms in total. The summed E-state index contributed by atoms with van der Waals surface area (Å²) in [5.41, 5.74) is 0.688. The van der Waals surface area contributed by atoms with Crippen LogP contribution in [-0.2, 0) is 5.54 Å². The first-order chi connectivity index (χ1) is 8.60. The molecule has 0 aliphatic heterocycles. The van der Waals surface area contributed by atoms with Crippen molar-refractivity contribution in [2.75, 3.05) is 0 Å². The third-order valence-corrected chi connectivity index (χ3v) is 5.56. The van der Waals surface area contributed by atoms with Crippen LogP contribution in [0.25, 0.3) is 0 Å². The summed E-state index contributed by atoms with van der Waals surface area (Å²) in [5, 5.41) is 7.39. The summed E-state index contributed by atoms with van der Waals surface area (Å²) in [5.74, 6) is 0. The van der Waals surface area contributed by atoms with E-state index in [1.807, 2.05) is 17.5 Å². The number of hydrogen-bond acceptors (Lipinski definition) is 3. The van der Waals surface area contributed by atoms with Gasteiger partial charge < -0.3 is 5.32 Å². The molecule has 0 bridgehead atoms. The van der Waals surface area contributed by atoms with Crippen molar-refractivity contribution >= 4 is 11.3 Å². The summed E-state index contributed by atoms with van der Waals surface area (Å²) in [6.45, 7) is 4.84. The molecule has 18 heavy (non-hydrogen) atoms. The molecule has 1 aromatic heterocycles. The zero-order chi connectivity index (χ0) is 12.6. The van der Waals surface area contributed by atoms with E-state index in [2.05, 4.69) is 29.5 Å². The number of thiazole rings is 1. The number of nitrogens with one attached hydrogen (secondary N) is 1. The van der Waals surface area contributed by atoms with Crippen LogP contribution in [-0.4, -0.2) is 11.0 Å². The van der Waals surface area contributed by atoms with Gasteiger partial charge in [0.05, 0.1) is 5.54 Å². The second-order valence-corrected chi connectivity index (χ2v) is 7.75. The number of hydrogen-bond donors (Lipinski definition) is 1. The Morgan fingerprint density at radius 3 is 2.72 bits per heavy atom. The van der Waals surface area contributed by atoms with Crippen molar-refractivity contribution in [3.05, 3.63) is 16.6 Å². The molecule has 0 aromatic carbocycles. The lowest BCUT2D eigenvalue weighted by Gasteiger charge is -2.33. The lowest BCUT2D eigenvalue weighted by atomic mass is 9.83. The van der Waals surface area contributed by atoms with Crippen molar-refractivity contribution in [1.82, 2.24) is 10.3 Å². The van der Waals surface area contributed by atoms with Crippen LogP contribution in [0.4, 0.5) is 0 Å². The third-order valence-electron chi connectivity index (χ3n) is 4.59. The van der Waals surface area contributed by atoms with Gasteiger partial charge in [-0.3, -0.25) is 0 Å². The van der Waals surface area contributed by atoms with E-state index in [1.54, 1.807) is 0 Å². The van der Waals surface area contributed by atoms with E-state index in [0.717, 1.165) is 6.04 Å². The molecule has 0 amide bonds. The monoisotopic (exact) mass is 264 g/mol. The highest BCUT2D eigenvalue weighted by Crippen LogP contribution is 2.44. The number of nitrogens with zero attached hydrogens (tertiary/aromatic N) is 1. The summed E-state index contributed by atoms with van der Waals surface area (Å²) in [6.07, 6.45) is 11.2. The molecule has 2 fully saturated rings. The number of rotatable bonds is 3. The van der Waals surface area contributed by atoms with E-state index in [-0.39, 0.29) is 5.54 Å². The molecule has 0 saturated heterocycles.